The Bertz CT molecular complexity index is 785. The van der Waals surface area contributed by atoms with Crippen molar-refractivity contribution in [3.05, 3.63) is 50.4 Å². The topological polar surface area (TPSA) is 72.2 Å². The Morgan fingerprint density at radius 1 is 1.05 bits per heavy atom. The summed E-state index contributed by atoms with van der Waals surface area (Å²) in [6.45, 7) is 3.62. The van der Waals surface area contributed by atoms with Gasteiger partial charge in [0.15, 0.2) is 0 Å². The van der Waals surface area contributed by atoms with Crippen LogP contribution in [-0.4, -0.2) is 8.42 Å². The Balaban J connectivity index is 2.45. The van der Waals surface area contributed by atoms with Gasteiger partial charge in [-0.15, -0.1) is 0 Å². The highest BCUT2D eigenvalue weighted by atomic mass is 79.9. The largest absolute Gasteiger partial charge is 0.398 e. The summed E-state index contributed by atoms with van der Waals surface area (Å²) in [7, 11) is -3.69. The van der Waals surface area contributed by atoms with Crippen LogP contribution in [0.1, 0.15) is 11.1 Å². The number of benzene rings is 2. The highest BCUT2D eigenvalue weighted by Crippen LogP contribution is 2.28. The third kappa shape index (κ3) is 3.78. The molecule has 0 aromatic heterocycles. The number of sulfonamides is 1. The van der Waals surface area contributed by atoms with Gasteiger partial charge < -0.3 is 5.73 Å². The molecule has 7 heteroatoms. The summed E-state index contributed by atoms with van der Waals surface area (Å²) in [6, 6.07) is 8.52. The molecule has 2 aromatic carbocycles. The second-order valence-corrected chi connectivity index (χ2v) is 8.18. The fraction of sp³-hybridized carbons (Fsp3) is 0.143. The van der Waals surface area contributed by atoms with Gasteiger partial charge in [-0.05, 0) is 71.2 Å². The quantitative estimate of drug-likeness (QED) is 0.712. The van der Waals surface area contributed by atoms with E-state index in [-0.39, 0.29) is 4.90 Å². The molecule has 0 unspecified atom stereocenters. The van der Waals surface area contributed by atoms with E-state index < -0.39 is 10.0 Å². The molecule has 0 aliphatic rings. The van der Waals surface area contributed by atoms with E-state index in [0.717, 1.165) is 10.0 Å². The molecule has 21 heavy (non-hydrogen) atoms. The molecule has 0 aliphatic heterocycles. The molecule has 0 fully saturated rings. The minimum absolute atomic E-state index is 0.167. The van der Waals surface area contributed by atoms with Gasteiger partial charge in [-0.3, -0.25) is 4.72 Å². The molecular formula is C14H14Br2N2O2S. The van der Waals surface area contributed by atoms with Crippen molar-refractivity contribution in [1.29, 1.82) is 0 Å². The summed E-state index contributed by atoms with van der Waals surface area (Å²) in [5, 5.41) is 0. The average Bonchev–Trinajstić information content (AvgIpc) is 2.31. The van der Waals surface area contributed by atoms with E-state index in [2.05, 4.69) is 36.6 Å². The van der Waals surface area contributed by atoms with Crippen LogP contribution in [0.5, 0.6) is 0 Å². The highest BCUT2D eigenvalue weighted by Gasteiger charge is 2.18. The number of nitrogen functional groups attached to an aromatic ring is 1. The van der Waals surface area contributed by atoms with Gasteiger partial charge in [0.1, 0.15) is 0 Å². The molecule has 4 nitrogen and oxygen atoms in total. The fourth-order valence-electron chi connectivity index (χ4n) is 1.96. The SMILES string of the molecule is Cc1cc(Br)cc(NS(=O)(=O)c2cc(N)c(Br)cc2C)c1. The maximum absolute atomic E-state index is 12.5. The molecule has 3 N–H and O–H groups in total. The van der Waals surface area contributed by atoms with Crippen LogP contribution >= 0.6 is 31.9 Å². The predicted molar refractivity (Wildman–Crippen MR) is 93.0 cm³/mol. The maximum atomic E-state index is 12.5. The monoisotopic (exact) mass is 432 g/mol. The van der Waals surface area contributed by atoms with Gasteiger partial charge >= 0.3 is 0 Å². The van der Waals surface area contributed by atoms with Crippen molar-refractivity contribution in [3.63, 3.8) is 0 Å². The smallest absolute Gasteiger partial charge is 0.262 e. The number of anilines is 2. The zero-order valence-corrected chi connectivity index (χ0v) is 15.4. The Morgan fingerprint density at radius 2 is 1.71 bits per heavy atom. The van der Waals surface area contributed by atoms with Crippen LogP contribution in [-0.2, 0) is 10.0 Å². The van der Waals surface area contributed by atoms with Crippen LogP contribution in [0.15, 0.2) is 44.2 Å². The van der Waals surface area contributed by atoms with Gasteiger partial charge in [-0.25, -0.2) is 8.42 Å². The predicted octanol–water partition coefficient (Wildman–Crippen LogP) is 4.21. The number of aryl methyl sites for hydroxylation is 2. The van der Waals surface area contributed by atoms with Gasteiger partial charge in [-0.1, -0.05) is 15.9 Å². The Kier molecular flexibility index (Phi) is 4.65. The lowest BCUT2D eigenvalue weighted by Crippen LogP contribution is -2.15. The lowest BCUT2D eigenvalue weighted by atomic mass is 10.2. The third-order valence-electron chi connectivity index (χ3n) is 2.88. The molecule has 0 saturated carbocycles. The molecule has 0 amide bonds. The van der Waals surface area contributed by atoms with E-state index in [0.29, 0.717) is 21.4 Å². The lowest BCUT2D eigenvalue weighted by molar-refractivity contribution is 0.600. The summed E-state index contributed by atoms with van der Waals surface area (Å²) in [6.07, 6.45) is 0. The van der Waals surface area contributed by atoms with E-state index in [4.69, 9.17) is 5.73 Å². The first-order valence-electron chi connectivity index (χ1n) is 6.04. The van der Waals surface area contributed by atoms with Crippen molar-refractivity contribution < 1.29 is 8.42 Å². The lowest BCUT2D eigenvalue weighted by Gasteiger charge is -2.13. The summed E-state index contributed by atoms with van der Waals surface area (Å²) < 4.78 is 29.1. The van der Waals surface area contributed by atoms with Crippen molar-refractivity contribution in [2.24, 2.45) is 0 Å². The normalized spacial score (nSPS) is 11.4. The molecule has 0 atom stereocenters. The van der Waals surface area contributed by atoms with Crippen molar-refractivity contribution in [2.75, 3.05) is 10.5 Å². The maximum Gasteiger partial charge on any atom is 0.262 e. The van der Waals surface area contributed by atoms with Crippen molar-refractivity contribution in [1.82, 2.24) is 0 Å². The Hall–Kier alpha value is -1.05. The standard InChI is InChI=1S/C14H14Br2N2O2S/c1-8-3-10(15)6-11(4-8)18-21(19,20)14-7-13(17)12(16)5-9(14)2/h3-7,18H,17H2,1-2H3. The van der Waals surface area contributed by atoms with Crippen molar-refractivity contribution >= 4 is 53.3 Å². The Morgan fingerprint density at radius 3 is 2.33 bits per heavy atom. The van der Waals surface area contributed by atoms with Gasteiger partial charge in [0.05, 0.1) is 10.6 Å². The minimum Gasteiger partial charge on any atom is -0.398 e. The summed E-state index contributed by atoms with van der Waals surface area (Å²) in [4.78, 5) is 0.167. The van der Waals surface area contributed by atoms with Gasteiger partial charge in [0.25, 0.3) is 10.0 Å². The van der Waals surface area contributed by atoms with Crippen LogP contribution < -0.4 is 10.5 Å². The van der Waals surface area contributed by atoms with Gasteiger partial charge in [-0.2, -0.15) is 0 Å². The zero-order valence-electron chi connectivity index (χ0n) is 11.4. The second-order valence-electron chi connectivity index (χ2n) is 4.76. The zero-order chi connectivity index (χ0) is 15.8. The first kappa shape index (κ1) is 16.3. The molecule has 0 bridgehead atoms. The summed E-state index contributed by atoms with van der Waals surface area (Å²) in [5.74, 6) is 0. The molecule has 0 aliphatic carbocycles. The van der Waals surface area contributed by atoms with E-state index in [1.807, 2.05) is 13.0 Å². The molecule has 2 rings (SSSR count). The summed E-state index contributed by atoms with van der Waals surface area (Å²) >= 11 is 6.64. The number of rotatable bonds is 3. The molecule has 2 aromatic rings. The fourth-order valence-corrected chi connectivity index (χ4v) is 4.33. The highest BCUT2D eigenvalue weighted by molar-refractivity contribution is 9.10. The second kappa shape index (κ2) is 5.98. The number of nitrogens with one attached hydrogen (secondary N) is 1. The third-order valence-corrected chi connectivity index (χ3v) is 5.55. The van der Waals surface area contributed by atoms with Gasteiger partial charge in [0, 0.05) is 14.6 Å². The number of hydrogen-bond donors (Lipinski definition) is 2. The molecule has 0 saturated heterocycles. The molecule has 112 valence electrons. The van der Waals surface area contributed by atoms with Crippen molar-refractivity contribution in [3.8, 4) is 0 Å². The van der Waals surface area contributed by atoms with E-state index in [1.165, 1.54) is 6.07 Å². The summed E-state index contributed by atoms with van der Waals surface area (Å²) in [5.41, 5.74) is 8.24. The van der Waals surface area contributed by atoms with Crippen molar-refractivity contribution in [2.45, 2.75) is 18.7 Å². The van der Waals surface area contributed by atoms with Crippen LogP contribution in [0.3, 0.4) is 0 Å². The first-order chi connectivity index (χ1) is 9.69. The van der Waals surface area contributed by atoms with E-state index in [9.17, 15) is 8.42 Å². The van der Waals surface area contributed by atoms with Crippen LogP contribution in [0.4, 0.5) is 11.4 Å². The van der Waals surface area contributed by atoms with E-state index >= 15 is 0 Å². The number of hydrogen-bond acceptors (Lipinski definition) is 3. The minimum atomic E-state index is -3.69. The molecule has 0 radical (unpaired) electrons. The Labute approximate surface area is 141 Å². The van der Waals surface area contributed by atoms with Crippen LogP contribution in [0, 0.1) is 13.8 Å². The number of halogens is 2. The van der Waals surface area contributed by atoms with Crippen LogP contribution in [0.2, 0.25) is 0 Å². The number of nitrogens with two attached hydrogens (primary N) is 1. The molecular weight excluding hydrogens is 420 g/mol. The molecule has 0 heterocycles. The van der Waals surface area contributed by atoms with Crippen LogP contribution in [0.25, 0.3) is 0 Å². The first-order valence-corrected chi connectivity index (χ1v) is 9.11. The molecule has 0 spiro atoms. The van der Waals surface area contributed by atoms with E-state index in [1.54, 1.807) is 25.1 Å². The average molecular weight is 434 g/mol. The van der Waals surface area contributed by atoms with Gasteiger partial charge in [0.2, 0.25) is 0 Å².